The Bertz CT molecular complexity index is 605. The molecule has 1 aromatic carbocycles. The SMILES string of the molecule is CCn1c(SCC(C)(C)O)nnc1-c1ccccc1OC. The van der Waals surface area contributed by atoms with Crippen LogP contribution in [-0.4, -0.2) is 38.3 Å². The van der Waals surface area contributed by atoms with Crippen LogP contribution in [0.2, 0.25) is 0 Å². The van der Waals surface area contributed by atoms with E-state index in [1.807, 2.05) is 28.8 Å². The summed E-state index contributed by atoms with van der Waals surface area (Å²) in [6, 6.07) is 7.77. The average Bonchev–Trinajstić information content (AvgIpc) is 2.87. The van der Waals surface area contributed by atoms with E-state index in [1.54, 1.807) is 21.0 Å². The summed E-state index contributed by atoms with van der Waals surface area (Å²) in [6.07, 6.45) is 0. The molecule has 0 unspecified atom stereocenters. The molecule has 0 amide bonds. The van der Waals surface area contributed by atoms with E-state index in [0.717, 1.165) is 28.8 Å². The van der Waals surface area contributed by atoms with E-state index >= 15 is 0 Å². The summed E-state index contributed by atoms with van der Waals surface area (Å²) in [6.45, 7) is 6.38. The van der Waals surface area contributed by atoms with Crippen molar-refractivity contribution in [3.63, 3.8) is 0 Å². The summed E-state index contributed by atoms with van der Waals surface area (Å²) in [5.74, 6) is 2.13. The zero-order valence-electron chi connectivity index (χ0n) is 12.8. The maximum atomic E-state index is 9.85. The number of benzene rings is 1. The molecule has 5 nitrogen and oxygen atoms in total. The molecule has 114 valence electrons. The van der Waals surface area contributed by atoms with Crippen molar-refractivity contribution in [2.45, 2.75) is 38.1 Å². The van der Waals surface area contributed by atoms with Gasteiger partial charge in [-0.15, -0.1) is 10.2 Å². The Morgan fingerprint density at radius 1 is 1.29 bits per heavy atom. The average molecular weight is 307 g/mol. The monoisotopic (exact) mass is 307 g/mol. The Labute approximate surface area is 129 Å². The molecular formula is C15H21N3O2S. The molecule has 0 saturated carbocycles. The lowest BCUT2D eigenvalue weighted by Crippen LogP contribution is -2.22. The molecule has 1 heterocycles. The van der Waals surface area contributed by atoms with Crippen molar-refractivity contribution >= 4 is 11.8 Å². The number of thioether (sulfide) groups is 1. The number of para-hydroxylation sites is 1. The summed E-state index contributed by atoms with van der Waals surface area (Å²) in [7, 11) is 1.65. The molecule has 0 saturated heterocycles. The molecule has 0 spiro atoms. The minimum Gasteiger partial charge on any atom is -0.496 e. The summed E-state index contributed by atoms with van der Waals surface area (Å²) in [5, 5.41) is 19.2. The van der Waals surface area contributed by atoms with E-state index in [-0.39, 0.29) is 0 Å². The lowest BCUT2D eigenvalue weighted by Gasteiger charge is -2.16. The van der Waals surface area contributed by atoms with E-state index in [9.17, 15) is 5.11 Å². The molecule has 2 rings (SSSR count). The van der Waals surface area contributed by atoms with Crippen molar-refractivity contribution in [3.05, 3.63) is 24.3 Å². The summed E-state index contributed by atoms with van der Waals surface area (Å²) < 4.78 is 7.43. The van der Waals surface area contributed by atoms with Crippen LogP contribution in [0.1, 0.15) is 20.8 Å². The molecule has 21 heavy (non-hydrogen) atoms. The summed E-state index contributed by atoms with van der Waals surface area (Å²) >= 11 is 1.51. The van der Waals surface area contributed by atoms with Gasteiger partial charge in [-0.25, -0.2) is 0 Å². The Hall–Kier alpha value is -1.53. The second kappa shape index (κ2) is 6.49. The molecule has 0 fully saturated rings. The fraction of sp³-hybridized carbons (Fsp3) is 0.467. The van der Waals surface area contributed by atoms with Crippen LogP contribution in [0.15, 0.2) is 29.4 Å². The van der Waals surface area contributed by atoms with Crippen LogP contribution >= 0.6 is 11.8 Å². The molecule has 0 aliphatic rings. The van der Waals surface area contributed by atoms with Crippen LogP contribution < -0.4 is 4.74 Å². The van der Waals surface area contributed by atoms with Crippen LogP contribution in [0.3, 0.4) is 0 Å². The standard InChI is InChI=1S/C15H21N3O2S/c1-5-18-13(11-8-6-7-9-12(11)20-4)16-17-14(18)21-10-15(2,3)19/h6-9,19H,5,10H2,1-4H3. The molecule has 0 atom stereocenters. The zero-order valence-corrected chi connectivity index (χ0v) is 13.6. The minimum atomic E-state index is -0.736. The third-order valence-electron chi connectivity index (χ3n) is 2.94. The lowest BCUT2D eigenvalue weighted by molar-refractivity contribution is 0.107. The van der Waals surface area contributed by atoms with Gasteiger partial charge in [0.15, 0.2) is 11.0 Å². The third kappa shape index (κ3) is 3.77. The van der Waals surface area contributed by atoms with E-state index in [0.29, 0.717) is 5.75 Å². The quantitative estimate of drug-likeness (QED) is 0.832. The fourth-order valence-corrected chi connectivity index (χ4v) is 2.90. The van der Waals surface area contributed by atoms with Gasteiger partial charge in [-0.3, -0.25) is 0 Å². The van der Waals surface area contributed by atoms with Gasteiger partial charge in [0, 0.05) is 12.3 Å². The predicted molar refractivity (Wildman–Crippen MR) is 84.7 cm³/mol. The van der Waals surface area contributed by atoms with Crippen molar-refractivity contribution in [3.8, 4) is 17.1 Å². The van der Waals surface area contributed by atoms with Crippen molar-refractivity contribution < 1.29 is 9.84 Å². The number of aliphatic hydroxyl groups is 1. The lowest BCUT2D eigenvalue weighted by atomic mass is 10.2. The summed E-state index contributed by atoms with van der Waals surface area (Å²) in [4.78, 5) is 0. The van der Waals surface area contributed by atoms with Crippen molar-refractivity contribution in [1.82, 2.24) is 14.8 Å². The first-order valence-electron chi connectivity index (χ1n) is 6.88. The maximum absolute atomic E-state index is 9.85. The maximum Gasteiger partial charge on any atom is 0.191 e. The van der Waals surface area contributed by atoms with Gasteiger partial charge in [-0.1, -0.05) is 23.9 Å². The van der Waals surface area contributed by atoms with Crippen LogP contribution in [-0.2, 0) is 6.54 Å². The minimum absolute atomic E-state index is 0.567. The van der Waals surface area contributed by atoms with Crippen molar-refractivity contribution in [2.75, 3.05) is 12.9 Å². The molecule has 0 aliphatic heterocycles. The molecule has 0 radical (unpaired) electrons. The van der Waals surface area contributed by atoms with Gasteiger partial charge >= 0.3 is 0 Å². The number of aromatic nitrogens is 3. The molecule has 0 bridgehead atoms. The number of hydrogen-bond donors (Lipinski definition) is 1. The Balaban J connectivity index is 2.35. The molecule has 1 aromatic heterocycles. The van der Waals surface area contributed by atoms with Crippen LogP contribution in [0.5, 0.6) is 5.75 Å². The number of hydrogen-bond acceptors (Lipinski definition) is 5. The normalized spacial score (nSPS) is 11.7. The highest BCUT2D eigenvalue weighted by atomic mass is 32.2. The van der Waals surface area contributed by atoms with Crippen LogP contribution in [0.4, 0.5) is 0 Å². The van der Waals surface area contributed by atoms with Gasteiger partial charge in [0.1, 0.15) is 5.75 Å². The van der Waals surface area contributed by atoms with Crippen molar-refractivity contribution in [2.24, 2.45) is 0 Å². The van der Waals surface area contributed by atoms with Crippen LogP contribution in [0, 0.1) is 0 Å². The molecular weight excluding hydrogens is 286 g/mol. The van der Waals surface area contributed by atoms with Crippen LogP contribution in [0.25, 0.3) is 11.4 Å². The highest BCUT2D eigenvalue weighted by molar-refractivity contribution is 7.99. The molecule has 6 heteroatoms. The van der Waals surface area contributed by atoms with E-state index in [1.165, 1.54) is 11.8 Å². The zero-order chi connectivity index (χ0) is 15.5. The fourth-order valence-electron chi connectivity index (χ4n) is 1.95. The predicted octanol–water partition coefficient (Wildman–Crippen LogP) is 2.84. The van der Waals surface area contributed by atoms with E-state index in [4.69, 9.17) is 4.74 Å². The van der Waals surface area contributed by atoms with Gasteiger partial charge in [0.2, 0.25) is 0 Å². The second-order valence-electron chi connectivity index (χ2n) is 5.35. The van der Waals surface area contributed by atoms with Gasteiger partial charge < -0.3 is 14.4 Å². The van der Waals surface area contributed by atoms with Gasteiger partial charge in [0.05, 0.1) is 18.3 Å². The second-order valence-corrected chi connectivity index (χ2v) is 6.29. The summed E-state index contributed by atoms with van der Waals surface area (Å²) in [5.41, 5.74) is 0.184. The smallest absolute Gasteiger partial charge is 0.191 e. The van der Waals surface area contributed by atoms with Gasteiger partial charge in [-0.05, 0) is 32.9 Å². The highest BCUT2D eigenvalue weighted by Crippen LogP contribution is 2.31. The third-order valence-corrected chi connectivity index (χ3v) is 4.35. The largest absolute Gasteiger partial charge is 0.496 e. The number of methoxy groups -OCH3 is 1. The van der Waals surface area contributed by atoms with Gasteiger partial charge in [0.25, 0.3) is 0 Å². The highest BCUT2D eigenvalue weighted by Gasteiger charge is 2.19. The molecule has 1 N–H and O–H groups in total. The molecule has 0 aliphatic carbocycles. The first-order valence-corrected chi connectivity index (χ1v) is 7.86. The van der Waals surface area contributed by atoms with Gasteiger partial charge in [-0.2, -0.15) is 0 Å². The first kappa shape index (κ1) is 15.9. The van der Waals surface area contributed by atoms with E-state index < -0.39 is 5.60 Å². The first-order chi connectivity index (χ1) is 9.96. The Morgan fingerprint density at radius 2 is 2.00 bits per heavy atom. The Morgan fingerprint density at radius 3 is 2.62 bits per heavy atom. The van der Waals surface area contributed by atoms with Crippen molar-refractivity contribution in [1.29, 1.82) is 0 Å². The topological polar surface area (TPSA) is 60.2 Å². The Kier molecular flexibility index (Phi) is 4.90. The number of nitrogens with zero attached hydrogens (tertiary/aromatic N) is 3. The number of rotatable bonds is 6. The number of ether oxygens (including phenoxy) is 1. The molecule has 2 aromatic rings. The van der Waals surface area contributed by atoms with E-state index in [2.05, 4.69) is 17.1 Å².